The third kappa shape index (κ3) is 4.50. The number of anilines is 2. The molecule has 110 valence electrons. The van der Waals surface area contributed by atoms with Crippen LogP contribution in [0.2, 0.25) is 5.02 Å². The number of hydrogen-bond donors (Lipinski definition) is 2. The summed E-state index contributed by atoms with van der Waals surface area (Å²) in [6, 6.07) is 11.5. The maximum atomic E-state index is 12.0. The van der Waals surface area contributed by atoms with Gasteiger partial charge in [0.2, 0.25) is 5.91 Å². The van der Waals surface area contributed by atoms with Crippen molar-refractivity contribution in [1.82, 2.24) is 0 Å². The van der Waals surface area contributed by atoms with Crippen molar-refractivity contribution < 1.29 is 4.79 Å². The SMILES string of the molecule is Cc1cc(C)cc(NC(=O)CNc2ccc(Cl)cc2C)c1. The minimum atomic E-state index is -0.0747. The van der Waals surface area contributed by atoms with Crippen molar-refractivity contribution in [1.29, 1.82) is 0 Å². The summed E-state index contributed by atoms with van der Waals surface area (Å²) >= 11 is 5.91. The molecule has 0 aliphatic rings. The molecule has 0 unspecified atom stereocenters. The zero-order chi connectivity index (χ0) is 15.4. The third-order valence-electron chi connectivity index (χ3n) is 3.13. The zero-order valence-electron chi connectivity index (χ0n) is 12.5. The van der Waals surface area contributed by atoms with Crippen LogP contribution in [-0.2, 0) is 4.79 Å². The van der Waals surface area contributed by atoms with Gasteiger partial charge in [0, 0.05) is 16.4 Å². The van der Waals surface area contributed by atoms with Crippen LogP contribution in [0, 0.1) is 20.8 Å². The summed E-state index contributed by atoms with van der Waals surface area (Å²) < 4.78 is 0. The van der Waals surface area contributed by atoms with E-state index in [4.69, 9.17) is 11.6 Å². The van der Waals surface area contributed by atoms with Crippen molar-refractivity contribution in [3.8, 4) is 0 Å². The average Bonchev–Trinajstić information content (AvgIpc) is 2.36. The van der Waals surface area contributed by atoms with Gasteiger partial charge in [-0.05, 0) is 67.8 Å². The molecule has 0 heterocycles. The molecule has 3 nitrogen and oxygen atoms in total. The van der Waals surface area contributed by atoms with Gasteiger partial charge in [-0.2, -0.15) is 0 Å². The predicted molar refractivity (Wildman–Crippen MR) is 89.2 cm³/mol. The Morgan fingerprint density at radius 3 is 2.33 bits per heavy atom. The summed E-state index contributed by atoms with van der Waals surface area (Å²) in [4.78, 5) is 12.0. The van der Waals surface area contributed by atoms with Crippen LogP contribution in [0.1, 0.15) is 16.7 Å². The molecule has 0 aromatic heterocycles. The first-order valence-corrected chi connectivity index (χ1v) is 7.20. The first-order valence-electron chi connectivity index (χ1n) is 6.82. The molecule has 2 aromatic rings. The largest absolute Gasteiger partial charge is 0.376 e. The van der Waals surface area contributed by atoms with Crippen LogP contribution in [0.25, 0.3) is 0 Å². The number of carbonyl (C=O) groups excluding carboxylic acids is 1. The first-order chi connectivity index (χ1) is 9.94. The molecular weight excluding hydrogens is 284 g/mol. The second-order valence-corrected chi connectivity index (χ2v) is 5.67. The highest BCUT2D eigenvalue weighted by Crippen LogP contribution is 2.19. The van der Waals surface area contributed by atoms with E-state index in [1.807, 2.05) is 45.0 Å². The second-order valence-electron chi connectivity index (χ2n) is 5.24. The van der Waals surface area contributed by atoms with Crippen LogP contribution in [0.15, 0.2) is 36.4 Å². The van der Waals surface area contributed by atoms with Crippen LogP contribution in [0.5, 0.6) is 0 Å². The van der Waals surface area contributed by atoms with Crippen molar-refractivity contribution in [3.63, 3.8) is 0 Å². The van der Waals surface area contributed by atoms with E-state index < -0.39 is 0 Å². The van der Waals surface area contributed by atoms with Gasteiger partial charge in [-0.15, -0.1) is 0 Å². The molecule has 4 heteroatoms. The van der Waals surface area contributed by atoms with E-state index in [-0.39, 0.29) is 12.5 Å². The Kier molecular flexibility index (Phi) is 4.86. The van der Waals surface area contributed by atoms with Crippen LogP contribution >= 0.6 is 11.6 Å². The minimum Gasteiger partial charge on any atom is -0.376 e. The van der Waals surface area contributed by atoms with Gasteiger partial charge < -0.3 is 10.6 Å². The lowest BCUT2D eigenvalue weighted by Crippen LogP contribution is -2.22. The number of rotatable bonds is 4. The Morgan fingerprint density at radius 1 is 1.05 bits per heavy atom. The number of hydrogen-bond acceptors (Lipinski definition) is 2. The lowest BCUT2D eigenvalue weighted by atomic mass is 10.1. The van der Waals surface area contributed by atoms with Crippen molar-refractivity contribution in [3.05, 3.63) is 58.1 Å². The average molecular weight is 303 g/mol. The molecule has 1 amide bonds. The van der Waals surface area contributed by atoms with Gasteiger partial charge in [-0.1, -0.05) is 17.7 Å². The van der Waals surface area contributed by atoms with Crippen LogP contribution in [-0.4, -0.2) is 12.5 Å². The Hall–Kier alpha value is -2.00. The highest BCUT2D eigenvalue weighted by atomic mass is 35.5. The lowest BCUT2D eigenvalue weighted by Gasteiger charge is -2.11. The fraction of sp³-hybridized carbons (Fsp3) is 0.235. The summed E-state index contributed by atoms with van der Waals surface area (Å²) in [5.41, 5.74) is 5.02. The van der Waals surface area contributed by atoms with E-state index in [9.17, 15) is 4.79 Å². The molecule has 0 saturated carbocycles. The molecule has 0 fully saturated rings. The van der Waals surface area contributed by atoms with Gasteiger partial charge in [0.05, 0.1) is 6.54 Å². The molecule has 21 heavy (non-hydrogen) atoms. The molecular formula is C17H19ClN2O. The smallest absolute Gasteiger partial charge is 0.243 e. The molecule has 2 aromatic carbocycles. The highest BCUT2D eigenvalue weighted by molar-refractivity contribution is 6.30. The molecule has 0 bridgehead atoms. The number of nitrogens with one attached hydrogen (secondary N) is 2. The highest BCUT2D eigenvalue weighted by Gasteiger charge is 2.05. The van der Waals surface area contributed by atoms with E-state index in [1.165, 1.54) is 0 Å². The maximum Gasteiger partial charge on any atom is 0.243 e. The fourth-order valence-electron chi connectivity index (χ4n) is 2.25. The summed E-state index contributed by atoms with van der Waals surface area (Å²) in [6.07, 6.45) is 0. The van der Waals surface area contributed by atoms with Gasteiger partial charge in [-0.25, -0.2) is 0 Å². The van der Waals surface area contributed by atoms with E-state index in [0.29, 0.717) is 5.02 Å². The van der Waals surface area contributed by atoms with E-state index >= 15 is 0 Å². The van der Waals surface area contributed by atoms with Crippen LogP contribution < -0.4 is 10.6 Å². The molecule has 2 rings (SSSR count). The normalized spacial score (nSPS) is 10.3. The standard InChI is InChI=1S/C17H19ClN2O/c1-11-6-12(2)8-15(7-11)20-17(21)10-19-16-5-4-14(18)9-13(16)3/h4-9,19H,10H2,1-3H3,(H,20,21). The fourth-order valence-corrected chi connectivity index (χ4v) is 2.48. The number of benzene rings is 2. The topological polar surface area (TPSA) is 41.1 Å². The van der Waals surface area contributed by atoms with Crippen molar-refractivity contribution in [2.45, 2.75) is 20.8 Å². The Balaban J connectivity index is 1.95. The number of halogens is 1. The van der Waals surface area contributed by atoms with Gasteiger partial charge in [0.15, 0.2) is 0 Å². The third-order valence-corrected chi connectivity index (χ3v) is 3.37. The monoisotopic (exact) mass is 302 g/mol. The van der Waals surface area contributed by atoms with Gasteiger partial charge in [0.1, 0.15) is 0 Å². The Bertz CT molecular complexity index is 648. The lowest BCUT2D eigenvalue weighted by molar-refractivity contribution is -0.114. The molecule has 0 aliphatic carbocycles. The van der Waals surface area contributed by atoms with Gasteiger partial charge >= 0.3 is 0 Å². The molecule has 0 atom stereocenters. The summed E-state index contributed by atoms with van der Waals surface area (Å²) in [5, 5.41) is 6.71. The van der Waals surface area contributed by atoms with Crippen molar-refractivity contribution >= 4 is 28.9 Å². The Labute approximate surface area is 130 Å². The number of carbonyl (C=O) groups is 1. The van der Waals surface area contributed by atoms with E-state index in [2.05, 4.69) is 16.7 Å². The first kappa shape index (κ1) is 15.4. The molecule has 0 spiro atoms. The Morgan fingerprint density at radius 2 is 1.71 bits per heavy atom. The molecule has 0 radical (unpaired) electrons. The predicted octanol–water partition coefficient (Wildman–Crippen LogP) is 4.32. The summed E-state index contributed by atoms with van der Waals surface area (Å²) in [6.45, 7) is 6.20. The zero-order valence-corrected chi connectivity index (χ0v) is 13.2. The van der Waals surface area contributed by atoms with Crippen LogP contribution in [0.4, 0.5) is 11.4 Å². The van der Waals surface area contributed by atoms with Crippen molar-refractivity contribution in [2.24, 2.45) is 0 Å². The molecule has 0 saturated heterocycles. The quantitative estimate of drug-likeness (QED) is 0.883. The molecule has 2 N–H and O–H groups in total. The van der Waals surface area contributed by atoms with E-state index in [0.717, 1.165) is 28.1 Å². The van der Waals surface area contributed by atoms with Crippen molar-refractivity contribution in [2.75, 3.05) is 17.2 Å². The second kappa shape index (κ2) is 6.64. The summed E-state index contributed by atoms with van der Waals surface area (Å²) in [5.74, 6) is -0.0747. The summed E-state index contributed by atoms with van der Waals surface area (Å²) in [7, 11) is 0. The van der Waals surface area contributed by atoms with E-state index in [1.54, 1.807) is 6.07 Å². The maximum absolute atomic E-state index is 12.0. The van der Waals surface area contributed by atoms with Gasteiger partial charge in [-0.3, -0.25) is 4.79 Å². The number of aryl methyl sites for hydroxylation is 3. The molecule has 0 aliphatic heterocycles. The minimum absolute atomic E-state index is 0.0747. The number of amides is 1. The van der Waals surface area contributed by atoms with Gasteiger partial charge in [0.25, 0.3) is 0 Å². The van der Waals surface area contributed by atoms with Crippen LogP contribution in [0.3, 0.4) is 0 Å².